The minimum atomic E-state index is -4.41. The molecular weight excluding hydrogens is 457 g/mol. The van der Waals surface area contributed by atoms with E-state index in [1.807, 2.05) is 40.1 Å². The molecule has 3 rings (SSSR count). The molecule has 0 saturated carbocycles. The van der Waals surface area contributed by atoms with E-state index in [9.17, 15) is 13.2 Å². The van der Waals surface area contributed by atoms with Gasteiger partial charge in [-0.1, -0.05) is 41.7 Å². The Kier molecular flexibility index (Phi) is 13.2. The number of alkyl halides is 3. The molecule has 2 aromatic rings. The number of halogens is 3. The molecule has 0 radical (unpaired) electrons. The third-order valence-electron chi connectivity index (χ3n) is 4.80. The van der Waals surface area contributed by atoms with Crippen molar-refractivity contribution in [1.82, 2.24) is 15.2 Å². The maximum absolute atomic E-state index is 12.9. The van der Waals surface area contributed by atoms with E-state index in [4.69, 9.17) is 9.47 Å². The van der Waals surface area contributed by atoms with Gasteiger partial charge in [-0.3, -0.25) is 4.90 Å². The van der Waals surface area contributed by atoms with Crippen LogP contribution in [0.25, 0.3) is 5.70 Å². The molecule has 1 atom stereocenters. The fraction of sp³-hybridized carbons (Fsp3) is 0.500. The lowest BCUT2D eigenvalue weighted by Crippen LogP contribution is -2.25. The molecule has 6 nitrogen and oxygen atoms in total. The van der Waals surface area contributed by atoms with Gasteiger partial charge in [0.05, 0.1) is 34.9 Å². The largest absolute Gasteiger partial charge is 0.490 e. The van der Waals surface area contributed by atoms with Crippen molar-refractivity contribution < 1.29 is 22.6 Å². The lowest BCUT2D eigenvalue weighted by molar-refractivity contribution is -0.137. The summed E-state index contributed by atoms with van der Waals surface area (Å²) in [5.41, 5.74) is 2.68. The van der Waals surface area contributed by atoms with Gasteiger partial charge < -0.3 is 20.1 Å². The molecule has 1 aromatic carbocycles. The van der Waals surface area contributed by atoms with Crippen molar-refractivity contribution in [3.63, 3.8) is 0 Å². The molecular formula is C26H41F3N4O2. The Morgan fingerprint density at radius 1 is 1.17 bits per heavy atom. The summed E-state index contributed by atoms with van der Waals surface area (Å²) in [6, 6.07) is 6.78. The molecule has 1 aromatic heterocycles. The Bertz CT molecular complexity index is 949. The number of pyridine rings is 1. The Hall–Kier alpha value is -2.94. The number of aromatic nitrogens is 1. The molecule has 0 spiro atoms. The van der Waals surface area contributed by atoms with Gasteiger partial charge in [0.25, 0.3) is 0 Å². The first-order valence-corrected chi connectivity index (χ1v) is 11.0. The molecule has 0 amide bonds. The molecule has 198 valence electrons. The quantitative estimate of drug-likeness (QED) is 0.352. The van der Waals surface area contributed by atoms with E-state index in [0.717, 1.165) is 41.3 Å². The molecule has 1 aliphatic rings. The molecule has 0 bridgehead atoms. The second-order valence-electron chi connectivity index (χ2n) is 7.45. The van der Waals surface area contributed by atoms with E-state index in [1.54, 1.807) is 6.92 Å². The van der Waals surface area contributed by atoms with E-state index in [0.29, 0.717) is 12.5 Å². The summed E-state index contributed by atoms with van der Waals surface area (Å²) in [4.78, 5) is 6.72. The highest BCUT2D eigenvalue weighted by Crippen LogP contribution is 2.33. The lowest BCUT2D eigenvalue weighted by atomic mass is 10.2. The van der Waals surface area contributed by atoms with Crippen molar-refractivity contribution in [1.29, 1.82) is 0 Å². The van der Waals surface area contributed by atoms with Crippen LogP contribution in [0, 0.1) is 6.92 Å². The molecule has 9 heteroatoms. The van der Waals surface area contributed by atoms with Crippen molar-refractivity contribution in [2.24, 2.45) is 0 Å². The van der Waals surface area contributed by atoms with Gasteiger partial charge in [0.15, 0.2) is 0 Å². The first-order valence-electron chi connectivity index (χ1n) is 11.0. The normalized spacial score (nSPS) is 12.6. The third-order valence-corrected chi connectivity index (χ3v) is 4.80. The third kappa shape index (κ3) is 9.68. The van der Waals surface area contributed by atoms with Crippen LogP contribution in [0.5, 0.6) is 11.6 Å². The second-order valence-corrected chi connectivity index (χ2v) is 7.45. The summed E-state index contributed by atoms with van der Waals surface area (Å²) in [5, 5.41) is 6.43. The number of rotatable bonds is 10. The van der Waals surface area contributed by atoms with Crippen molar-refractivity contribution in [3.05, 3.63) is 53.4 Å². The van der Waals surface area contributed by atoms with Crippen LogP contribution in [0.1, 0.15) is 59.4 Å². The van der Waals surface area contributed by atoms with Crippen LogP contribution in [-0.2, 0) is 6.18 Å². The topological polar surface area (TPSA) is 68.6 Å². The molecule has 1 aliphatic heterocycles. The van der Waals surface area contributed by atoms with Crippen molar-refractivity contribution in [2.75, 3.05) is 32.2 Å². The Balaban J connectivity index is 0.00000282. The monoisotopic (exact) mass is 498 g/mol. The second kappa shape index (κ2) is 14.5. The zero-order valence-corrected chi connectivity index (χ0v) is 20.0. The molecule has 0 aliphatic carbocycles. The Labute approximate surface area is 208 Å². The van der Waals surface area contributed by atoms with Gasteiger partial charge in [-0.15, -0.1) is 0 Å². The first kappa shape index (κ1) is 32.1. The average Bonchev–Trinajstić information content (AvgIpc) is 3.63. The fourth-order valence-corrected chi connectivity index (χ4v) is 2.77. The standard InChI is InChI=1S/C22H27F3N4O2.C2H6.2CH4/c1-5-29(4)13-27-19-10-18(20-11-26-20)21(28-15(19)3)31-14(2)12-30-17-8-6-7-16(9-17)22(23,24)25;1-2;;/h6-11,14,26-27H,5,12-13H2,1-4H3;1-2H3;2*1H4. The first-order chi connectivity index (χ1) is 15.7. The number of nitrogens with one attached hydrogen (secondary N) is 2. The summed E-state index contributed by atoms with van der Waals surface area (Å²) in [6.45, 7) is 11.4. The molecule has 2 heterocycles. The van der Waals surface area contributed by atoms with Gasteiger partial charge in [0, 0.05) is 6.20 Å². The van der Waals surface area contributed by atoms with Crippen LogP contribution in [0.3, 0.4) is 0 Å². The smallest absolute Gasteiger partial charge is 0.416 e. The number of ether oxygens (including phenoxy) is 2. The number of hydrogen-bond donors (Lipinski definition) is 2. The number of benzene rings is 1. The molecule has 35 heavy (non-hydrogen) atoms. The minimum Gasteiger partial charge on any atom is -0.490 e. The van der Waals surface area contributed by atoms with Crippen LogP contribution in [0.4, 0.5) is 18.9 Å². The molecule has 2 N–H and O–H groups in total. The zero-order chi connectivity index (χ0) is 24.6. The van der Waals surface area contributed by atoms with E-state index in [-0.39, 0.29) is 27.2 Å². The molecule has 0 fully saturated rings. The summed E-state index contributed by atoms with van der Waals surface area (Å²) in [5.74, 6) is 0.587. The van der Waals surface area contributed by atoms with E-state index >= 15 is 0 Å². The van der Waals surface area contributed by atoms with Crippen LogP contribution in [-0.4, -0.2) is 42.9 Å². The highest BCUT2D eigenvalue weighted by Gasteiger charge is 2.30. The van der Waals surface area contributed by atoms with Crippen LogP contribution in [0.15, 0.2) is 36.5 Å². The summed E-state index contributed by atoms with van der Waals surface area (Å²) in [6.07, 6.45) is -2.99. The SMILES string of the molecule is C.C.CC.CCN(C)CNc1cc(C2=CN2)c(OC(C)COc2cccc(C(F)(F)F)c2)nc1C. The van der Waals surface area contributed by atoms with E-state index in [2.05, 4.69) is 27.4 Å². The van der Waals surface area contributed by atoms with Crippen LogP contribution >= 0.6 is 0 Å². The number of aryl methyl sites for hydroxylation is 1. The van der Waals surface area contributed by atoms with E-state index < -0.39 is 17.8 Å². The van der Waals surface area contributed by atoms with Gasteiger partial charge in [-0.25, -0.2) is 4.98 Å². The lowest BCUT2D eigenvalue weighted by Gasteiger charge is -2.20. The number of nitrogens with zero attached hydrogens (tertiary/aromatic N) is 2. The van der Waals surface area contributed by atoms with Crippen molar-refractivity contribution in [2.45, 2.75) is 61.8 Å². The highest BCUT2D eigenvalue weighted by atomic mass is 19.4. The van der Waals surface area contributed by atoms with Crippen molar-refractivity contribution in [3.8, 4) is 11.6 Å². The van der Waals surface area contributed by atoms with Gasteiger partial charge >= 0.3 is 6.18 Å². The predicted octanol–water partition coefficient (Wildman–Crippen LogP) is 6.78. The van der Waals surface area contributed by atoms with Gasteiger partial charge in [0.1, 0.15) is 18.5 Å². The maximum Gasteiger partial charge on any atom is 0.416 e. The minimum absolute atomic E-state index is 0. The zero-order valence-electron chi connectivity index (χ0n) is 20.0. The van der Waals surface area contributed by atoms with Crippen molar-refractivity contribution >= 4 is 11.4 Å². The van der Waals surface area contributed by atoms with Gasteiger partial charge in [-0.2, -0.15) is 13.2 Å². The number of anilines is 1. The highest BCUT2D eigenvalue weighted by molar-refractivity contribution is 5.79. The predicted molar refractivity (Wildman–Crippen MR) is 139 cm³/mol. The fourth-order valence-electron chi connectivity index (χ4n) is 2.77. The van der Waals surface area contributed by atoms with Gasteiger partial charge in [0.2, 0.25) is 5.88 Å². The van der Waals surface area contributed by atoms with Crippen LogP contribution < -0.4 is 20.1 Å². The maximum atomic E-state index is 12.9. The van der Waals surface area contributed by atoms with E-state index in [1.165, 1.54) is 12.1 Å². The summed E-state index contributed by atoms with van der Waals surface area (Å²) >= 11 is 0. The molecule has 1 unspecified atom stereocenters. The summed E-state index contributed by atoms with van der Waals surface area (Å²) < 4.78 is 50.1. The number of hydrogen-bond acceptors (Lipinski definition) is 6. The molecule has 0 saturated heterocycles. The van der Waals surface area contributed by atoms with Gasteiger partial charge in [-0.05, 0) is 51.7 Å². The Morgan fingerprint density at radius 2 is 1.83 bits per heavy atom. The Morgan fingerprint density at radius 3 is 2.40 bits per heavy atom. The van der Waals surface area contributed by atoms with Crippen LogP contribution in [0.2, 0.25) is 0 Å². The average molecular weight is 499 g/mol. The summed E-state index contributed by atoms with van der Waals surface area (Å²) in [7, 11) is 2.02.